The van der Waals surface area contributed by atoms with Gasteiger partial charge in [-0.15, -0.1) is 12.4 Å². The van der Waals surface area contributed by atoms with E-state index in [4.69, 9.17) is 9.47 Å². The number of hydrogen-bond acceptors (Lipinski definition) is 5. The Bertz CT molecular complexity index is 685. The van der Waals surface area contributed by atoms with Gasteiger partial charge in [0.25, 0.3) is 5.91 Å². The highest BCUT2D eigenvalue weighted by molar-refractivity contribution is 6.00. The van der Waals surface area contributed by atoms with Crippen molar-refractivity contribution in [1.29, 1.82) is 0 Å². The van der Waals surface area contributed by atoms with Gasteiger partial charge in [0, 0.05) is 32.8 Å². The van der Waals surface area contributed by atoms with Crippen LogP contribution in [0.15, 0.2) is 24.3 Å². The number of hydrogen-bond donors (Lipinski definition) is 1. The number of rotatable bonds is 3. The number of carbonyl (C=O) groups excluding carboxylic acids is 3. The van der Waals surface area contributed by atoms with Gasteiger partial charge in [-0.2, -0.15) is 0 Å². The first-order chi connectivity index (χ1) is 12.6. The summed E-state index contributed by atoms with van der Waals surface area (Å²) in [6.45, 7) is 2.46. The highest BCUT2D eigenvalue weighted by Crippen LogP contribution is 2.18. The van der Waals surface area contributed by atoms with Crippen molar-refractivity contribution in [1.82, 2.24) is 9.80 Å². The van der Waals surface area contributed by atoms with E-state index in [1.807, 2.05) is 0 Å². The number of esters is 1. The van der Waals surface area contributed by atoms with E-state index in [2.05, 4.69) is 5.32 Å². The van der Waals surface area contributed by atoms with Crippen LogP contribution in [0.4, 0.5) is 10.5 Å². The lowest BCUT2D eigenvalue weighted by molar-refractivity contribution is -0.142. The third-order valence-corrected chi connectivity index (χ3v) is 4.66. The first kappa shape index (κ1) is 21.0. The highest BCUT2D eigenvalue weighted by Gasteiger charge is 2.31. The molecule has 1 aromatic carbocycles. The van der Waals surface area contributed by atoms with Crippen molar-refractivity contribution < 1.29 is 23.9 Å². The van der Waals surface area contributed by atoms with E-state index in [-0.39, 0.29) is 30.4 Å². The van der Waals surface area contributed by atoms with E-state index >= 15 is 0 Å². The number of anilines is 1. The van der Waals surface area contributed by atoms with Gasteiger partial charge in [0.05, 0.1) is 18.4 Å². The summed E-state index contributed by atoms with van der Waals surface area (Å²) in [6, 6.07) is 6.39. The molecule has 0 saturated carbocycles. The van der Waals surface area contributed by atoms with Crippen molar-refractivity contribution in [2.24, 2.45) is 0 Å². The lowest BCUT2D eigenvalue weighted by atomic mass is 10.2. The number of piperazine rings is 1. The minimum atomic E-state index is -0.507. The van der Waals surface area contributed by atoms with Crippen LogP contribution in [0, 0.1) is 0 Å². The van der Waals surface area contributed by atoms with Gasteiger partial charge in [0.15, 0.2) is 0 Å². The maximum absolute atomic E-state index is 12.5. The van der Waals surface area contributed by atoms with E-state index in [9.17, 15) is 14.4 Å². The molecule has 2 saturated heterocycles. The number of halogens is 1. The Hall–Kier alpha value is -2.32. The van der Waals surface area contributed by atoms with Crippen LogP contribution in [-0.2, 0) is 14.3 Å². The van der Waals surface area contributed by atoms with Crippen LogP contribution in [0.25, 0.3) is 0 Å². The summed E-state index contributed by atoms with van der Waals surface area (Å²) >= 11 is 0. The second kappa shape index (κ2) is 9.57. The van der Waals surface area contributed by atoms with Gasteiger partial charge < -0.3 is 24.6 Å². The molecule has 3 rings (SSSR count). The molecule has 1 aromatic rings. The third-order valence-electron chi connectivity index (χ3n) is 4.66. The normalized spacial score (nSPS) is 19.2. The average molecular weight is 398 g/mol. The number of nitrogens with one attached hydrogen (secondary N) is 1. The highest BCUT2D eigenvalue weighted by atomic mass is 35.5. The Morgan fingerprint density at radius 2 is 1.78 bits per heavy atom. The summed E-state index contributed by atoms with van der Waals surface area (Å²) in [5, 5.41) is 2.75. The minimum absolute atomic E-state index is 0. The standard InChI is InChI=1S/C18H23N3O5.ClH/c1-25-17(23)13-5-2-3-6-14(13)19-18(24)21-10-8-20(9-11-21)16(22)15-7-4-12-26-15;/h2-3,5-6,15H,4,7-12H2,1H3,(H,19,24);1H. The quantitative estimate of drug-likeness (QED) is 0.785. The largest absolute Gasteiger partial charge is 0.465 e. The van der Waals surface area contributed by atoms with E-state index < -0.39 is 5.97 Å². The Morgan fingerprint density at radius 3 is 2.41 bits per heavy atom. The van der Waals surface area contributed by atoms with Gasteiger partial charge in [0.2, 0.25) is 0 Å². The molecule has 1 N–H and O–H groups in total. The zero-order valence-corrected chi connectivity index (χ0v) is 16.0. The molecule has 2 heterocycles. The summed E-state index contributed by atoms with van der Waals surface area (Å²) in [5.74, 6) is -0.494. The number of methoxy groups -OCH3 is 1. The fraction of sp³-hybridized carbons (Fsp3) is 0.500. The van der Waals surface area contributed by atoms with Crippen LogP contribution < -0.4 is 5.32 Å². The monoisotopic (exact) mass is 397 g/mol. The average Bonchev–Trinajstić information content (AvgIpc) is 3.22. The van der Waals surface area contributed by atoms with Gasteiger partial charge in [-0.05, 0) is 25.0 Å². The number of para-hydroxylation sites is 1. The SMILES string of the molecule is COC(=O)c1ccccc1NC(=O)N1CCN(C(=O)C2CCCO2)CC1.Cl. The van der Waals surface area contributed by atoms with E-state index in [0.29, 0.717) is 44.0 Å². The molecule has 0 aromatic heterocycles. The predicted molar refractivity (Wildman–Crippen MR) is 101 cm³/mol. The van der Waals surface area contributed by atoms with Crippen molar-refractivity contribution in [2.45, 2.75) is 18.9 Å². The molecule has 2 fully saturated rings. The summed E-state index contributed by atoms with van der Waals surface area (Å²) < 4.78 is 10.2. The number of carbonyl (C=O) groups is 3. The van der Waals surface area contributed by atoms with Crippen molar-refractivity contribution >= 4 is 36.0 Å². The van der Waals surface area contributed by atoms with Gasteiger partial charge in [-0.25, -0.2) is 9.59 Å². The number of ether oxygens (including phenoxy) is 2. The summed E-state index contributed by atoms with van der Waals surface area (Å²) in [4.78, 5) is 40.0. The molecule has 8 nitrogen and oxygen atoms in total. The Morgan fingerprint density at radius 1 is 1.11 bits per heavy atom. The first-order valence-electron chi connectivity index (χ1n) is 8.74. The van der Waals surface area contributed by atoms with Crippen LogP contribution >= 0.6 is 12.4 Å². The summed E-state index contributed by atoms with van der Waals surface area (Å²) in [5.41, 5.74) is 0.706. The molecule has 0 radical (unpaired) electrons. The van der Waals surface area contributed by atoms with Crippen molar-refractivity contribution in [3.63, 3.8) is 0 Å². The van der Waals surface area contributed by atoms with Crippen LogP contribution in [0.3, 0.4) is 0 Å². The number of amides is 3. The fourth-order valence-electron chi connectivity index (χ4n) is 3.18. The van der Waals surface area contributed by atoms with Gasteiger partial charge in [-0.1, -0.05) is 12.1 Å². The molecular formula is C18H24ClN3O5. The lowest BCUT2D eigenvalue weighted by Crippen LogP contribution is -2.53. The van der Waals surface area contributed by atoms with Gasteiger partial charge in [-0.3, -0.25) is 4.79 Å². The second-order valence-corrected chi connectivity index (χ2v) is 6.28. The molecular weight excluding hydrogens is 374 g/mol. The maximum Gasteiger partial charge on any atom is 0.339 e. The zero-order chi connectivity index (χ0) is 18.5. The number of nitrogens with zero attached hydrogens (tertiary/aromatic N) is 2. The summed E-state index contributed by atoms with van der Waals surface area (Å²) in [7, 11) is 1.30. The molecule has 1 unspecified atom stereocenters. The van der Waals surface area contributed by atoms with Crippen molar-refractivity contribution in [3.05, 3.63) is 29.8 Å². The zero-order valence-electron chi connectivity index (χ0n) is 15.2. The van der Waals surface area contributed by atoms with Crippen LogP contribution in [-0.4, -0.2) is 73.7 Å². The third kappa shape index (κ3) is 4.90. The Balaban J connectivity index is 0.00000261. The lowest BCUT2D eigenvalue weighted by Gasteiger charge is -2.35. The van der Waals surface area contributed by atoms with Gasteiger partial charge >= 0.3 is 12.0 Å². The fourth-order valence-corrected chi connectivity index (χ4v) is 3.18. The molecule has 1 atom stereocenters. The van der Waals surface area contributed by atoms with E-state index in [0.717, 1.165) is 12.8 Å². The first-order valence-corrected chi connectivity index (χ1v) is 8.74. The smallest absolute Gasteiger partial charge is 0.339 e. The van der Waals surface area contributed by atoms with Crippen LogP contribution in [0.1, 0.15) is 23.2 Å². The Kier molecular flexibility index (Phi) is 7.44. The molecule has 2 aliphatic heterocycles. The molecule has 0 aliphatic carbocycles. The van der Waals surface area contributed by atoms with Crippen molar-refractivity contribution in [2.75, 3.05) is 45.2 Å². The van der Waals surface area contributed by atoms with E-state index in [1.54, 1.807) is 34.1 Å². The topological polar surface area (TPSA) is 88.2 Å². The molecule has 2 aliphatic rings. The summed E-state index contributed by atoms with van der Waals surface area (Å²) in [6.07, 6.45) is 1.35. The second-order valence-electron chi connectivity index (χ2n) is 6.28. The van der Waals surface area contributed by atoms with Crippen LogP contribution in [0.5, 0.6) is 0 Å². The maximum atomic E-state index is 12.5. The van der Waals surface area contributed by atoms with Gasteiger partial charge in [0.1, 0.15) is 6.10 Å². The van der Waals surface area contributed by atoms with Crippen LogP contribution in [0.2, 0.25) is 0 Å². The van der Waals surface area contributed by atoms with Crippen molar-refractivity contribution in [3.8, 4) is 0 Å². The molecule has 0 spiro atoms. The molecule has 3 amide bonds. The number of urea groups is 1. The predicted octanol–water partition coefficient (Wildman–Crippen LogP) is 1.75. The van der Waals surface area contributed by atoms with E-state index in [1.165, 1.54) is 7.11 Å². The molecule has 0 bridgehead atoms. The molecule has 148 valence electrons. The minimum Gasteiger partial charge on any atom is -0.465 e. The Labute approximate surface area is 164 Å². The molecule has 9 heteroatoms. The molecule has 27 heavy (non-hydrogen) atoms. The number of benzene rings is 1.